The lowest BCUT2D eigenvalue weighted by atomic mass is 10.0. The van der Waals surface area contributed by atoms with E-state index in [0.29, 0.717) is 6.04 Å². The molecule has 0 fully saturated rings. The molecular weight excluding hydrogens is 276 g/mol. The number of nitrogens with zero attached hydrogens (tertiary/aromatic N) is 1. The van der Waals surface area contributed by atoms with Crippen molar-refractivity contribution in [2.24, 2.45) is 5.73 Å². The Morgan fingerprint density at radius 1 is 1.42 bits per heavy atom. The summed E-state index contributed by atoms with van der Waals surface area (Å²) >= 11 is 8.24. The normalized spacial score (nSPS) is 14.2. The van der Waals surface area contributed by atoms with Gasteiger partial charge in [-0.25, -0.2) is 0 Å². The van der Waals surface area contributed by atoms with Gasteiger partial charge in [-0.2, -0.15) is 11.8 Å². The van der Waals surface area contributed by atoms with Crippen molar-refractivity contribution in [3.8, 4) is 0 Å². The predicted molar refractivity (Wildman–Crippen MR) is 89.7 cm³/mol. The van der Waals surface area contributed by atoms with Crippen LogP contribution in [0.5, 0.6) is 0 Å². The largest absolute Gasteiger partial charge is 0.371 e. The third kappa shape index (κ3) is 4.59. The molecule has 0 aliphatic rings. The molecule has 1 aromatic carbocycles. The molecule has 0 saturated heterocycles. The molecular formula is C15H25ClN2S. The van der Waals surface area contributed by atoms with E-state index in [1.807, 2.05) is 30.8 Å². The molecule has 1 rings (SSSR count). The highest BCUT2D eigenvalue weighted by atomic mass is 35.5. The molecule has 108 valence electrons. The summed E-state index contributed by atoms with van der Waals surface area (Å²) in [7, 11) is 2.15. The van der Waals surface area contributed by atoms with Crippen LogP contribution in [0.1, 0.15) is 25.8 Å². The van der Waals surface area contributed by atoms with Crippen molar-refractivity contribution in [1.82, 2.24) is 0 Å². The van der Waals surface area contributed by atoms with Crippen molar-refractivity contribution in [2.75, 3.05) is 24.0 Å². The van der Waals surface area contributed by atoms with Crippen LogP contribution in [0.25, 0.3) is 0 Å². The third-order valence-corrected chi connectivity index (χ3v) is 4.45. The Morgan fingerprint density at radius 2 is 2.11 bits per heavy atom. The Labute approximate surface area is 126 Å². The molecule has 0 heterocycles. The maximum absolute atomic E-state index is 6.36. The number of hydrogen-bond donors (Lipinski definition) is 1. The van der Waals surface area contributed by atoms with Crippen LogP contribution in [0.4, 0.5) is 5.69 Å². The fourth-order valence-electron chi connectivity index (χ4n) is 2.29. The number of hydrogen-bond acceptors (Lipinski definition) is 3. The third-order valence-electron chi connectivity index (χ3n) is 3.38. The predicted octanol–water partition coefficient (Wildman–Crippen LogP) is 3.81. The van der Waals surface area contributed by atoms with Crippen LogP contribution < -0.4 is 10.6 Å². The Bertz CT molecular complexity index is 396. The minimum atomic E-state index is 0.118. The van der Waals surface area contributed by atoms with E-state index in [9.17, 15) is 0 Å². The number of nitrogens with two attached hydrogens (primary N) is 1. The molecule has 1 aromatic rings. The first kappa shape index (κ1) is 16.7. The maximum Gasteiger partial charge on any atom is 0.0459 e. The second-order valence-corrected chi connectivity index (χ2v) is 6.37. The monoisotopic (exact) mass is 300 g/mol. The van der Waals surface area contributed by atoms with E-state index < -0.39 is 0 Å². The zero-order chi connectivity index (χ0) is 14.4. The zero-order valence-corrected chi connectivity index (χ0v) is 13.9. The number of thioether (sulfide) groups is 1. The van der Waals surface area contributed by atoms with Gasteiger partial charge < -0.3 is 10.6 Å². The summed E-state index contributed by atoms with van der Waals surface area (Å²) in [4.78, 5) is 2.35. The second kappa shape index (κ2) is 8.03. The topological polar surface area (TPSA) is 29.3 Å². The lowest BCUT2D eigenvalue weighted by Gasteiger charge is -2.31. The molecule has 19 heavy (non-hydrogen) atoms. The number of anilines is 1. The van der Waals surface area contributed by atoms with Gasteiger partial charge in [0.1, 0.15) is 0 Å². The summed E-state index contributed by atoms with van der Waals surface area (Å²) in [5.74, 6) is 1.12. The summed E-state index contributed by atoms with van der Waals surface area (Å²) in [5, 5.41) is 0.820. The first-order valence-corrected chi connectivity index (χ1v) is 8.53. The smallest absolute Gasteiger partial charge is 0.0459 e. The van der Waals surface area contributed by atoms with Crippen molar-refractivity contribution in [1.29, 1.82) is 0 Å². The van der Waals surface area contributed by atoms with Crippen LogP contribution in [-0.2, 0) is 6.42 Å². The van der Waals surface area contributed by atoms with Gasteiger partial charge in [0.25, 0.3) is 0 Å². The number of halogens is 1. The molecule has 0 aliphatic carbocycles. The Balaban J connectivity index is 3.07. The van der Waals surface area contributed by atoms with Gasteiger partial charge >= 0.3 is 0 Å². The molecule has 0 aliphatic heterocycles. The van der Waals surface area contributed by atoms with Gasteiger partial charge in [-0.3, -0.25) is 0 Å². The van der Waals surface area contributed by atoms with Gasteiger partial charge in [0.05, 0.1) is 0 Å². The minimum Gasteiger partial charge on any atom is -0.371 e. The van der Waals surface area contributed by atoms with E-state index in [1.54, 1.807) is 0 Å². The van der Waals surface area contributed by atoms with Gasteiger partial charge in [-0.1, -0.05) is 24.6 Å². The van der Waals surface area contributed by atoms with E-state index in [2.05, 4.69) is 31.2 Å². The lowest BCUT2D eigenvalue weighted by Crippen LogP contribution is -2.34. The van der Waals surface area contributed by atoms with E-state index in [0.717, 1.165) is 23.6 Å². The van der Waals surface area contributed by atoms with Gasteiger partial charge in [-0.15, -0.1) is 0 Å². The Morgan fingerprint density at radius 3 is 2.63 bits per heavy atom. The first-order valence-electron chi connectivity index (χ1n) is 6.76. The van der Waals surface area contributed by atoms with Crippen molar-refractivity contribution in [2.45, 2.75) is 38.8 Å². The van der Waals surface area contributed by atoms with Crippen molar-refractivity contribution in [3.05, 3.63) is 28.8 Å². The van der Waals surface area contributed by atoms with E-state index >= 15 is 0 Å². The summed E-state index contributed by atoms with van der Waals surface area (Å²) < 4.78 is 0. The summed E-state index contributed by atoms with van der Waals surface area (Å²) in [6.45, 7) is 4.25. The zero-order valence-electron chi connectivity index (χ0n) is 12.3. The minimum absolute atomic E-state index is 0.118. The fourth-order valence-corrected chi connectivity index (χ4v) is 3.39. The van der Waals surface area contributed by atoms with Crippen LogP contribution in [0.3, 0.4) is 0 Å². The number of rotatable bonds is 7. The molecule has 2 atom stereocenters. The van der Waals surface area contributed by atoms with Crippen molar-refractivity contribution < 1.29 is 0 Å². The molecule has 4 heteroatoms. The standard InChI is InChI=1S/C15H25ClN2S/c1-5-12(10-19-4)18(3)15-8-6-7-14(16)13(15)9-11(2)17/h6-8,11-12H,5,9-10,17H2,1-4H3. The highest BCUT2D eigenvalue weighted by molar-refractivity contribution is 7.98. The van der Waals surface area contributed by atoms with Crippen molar-refractivity contribution >= 4 is 29.1 Å². The molecule has 2 nitrogen and oxygen atoms in total. The van der Waals surface area contributed by atoms with Gasteiger partial charge in [0.2, 0.25) is 0 Å². The molecule has 0 aromatic heterocycles. The van der Waals surface area contributed by atoms with Gasteiger partial charge in [0, 0.05) is 35.6 Å². The van der Waals surface area contributed by atoms with E-state index in [-0.39, 0.29) is 6.04 Å². The highest BCUT2D eigenvalue weighted by Crippen LogP contribution is 2.30. The van der Waals surface area contributed by atoms with Crippen molar-refractivity contribution in [3.63, 3.8) is 0 Å². The SMILES string of the molecule is CCC(CSC)N(C)c1cccc(Cl)c1CC(C)N. The lowest BCUT2D eigenvalue weighted by molar-refractivity contribution is 0.665. The summed E-state index contributed by atoms with van der Waals surface area (Å²) in [5.41, 5.74) is 8.33. The average molecular weight is 301 g/mol. The van der Waals surface area contributed by atoms with Crippen LogP contribution >= 0.6 is 23.4 Å². The van der Waals surface area contributed by atoms with Crippen LogP contribution in [0, 0.1) is 0 Å². The molecule has 0 bridgehead atoms. The summed E-state index contributed by atoms with van der Waals surface area (Å²) in [6, 6.07) is 6.76. The van der Waals surface area contributed by atoms with Gasteiger partial charge in [-0.05, 0) is 43.7 Å². The second-order valence-electron chi connectivity index (χ2n) is 5.05. The quantitative estimate of drug-likeness (QED) is 0.830. The Hall–Kier alpha value is -0.380. The molecule has 2 N–H and O–H groups in total. The Kier molecular flexibility index (Phi) is 7.05. The van der Waals surface area contributed by atoms with E-state index in [4.69, 9.17) is 17.3 Å². The van der Waals surface area contributed by atoms with E-state index in [1.165, 1.54) is 11.3 Å². The van der Waals surface area contributed by atoms with Gasteiger partial charge in [0.15, 0.2) is 0 Å². The fraction of sp³-hybridized carbons (Fsp3) is 0.600. The van der Waals surface area contributed by atoms with Crippen LogP contribution in [0.2, 0.25) is 5.02 Å². The average Bonchev–Trinajstić information content (AvgIpc) is 2.37. The molecule has 0 saturated carbocycles. The number of benzene rings is 1. The maximum atomic E-state index is 6.36. The first-order chi connectivity index (χ1) is 9.01. The summed E-state index contributed by atoms with van der Waals surface area (Å²) in [6.07, 6.45) is 4.09. The highest BCUT2D eigenvalue weighted by Gasteiger charge is 2.18. The molecule has 2 unspecified atom stereocenters. The van der Waals surface area contributed by atoms with Crippen LogP contribution in [-0.4, -0.2) is 31.1 Å². The molecule has 0 spiro atoms. The molecule has 0 amide bonds. The van der Waals surface area contributed by atoms with Crippen LogP contribution in [0.15, 0.2) is 18.2 Å². The molecule has 0 radical (unpaired) electrons.